The molecule has 0 fully saturated rings. The highest BCUT2D eigenvalue weighted by atomic mass is 16.5. The Bertz CT molecular complexity index is 289. The molecule has 0 unspecified atom stereocenters. The summed E-state index contributed by atoms with van der Waals surface area (Å²) in [5.74, 6) is 0.258. The maximum Gasteiger partial charge on any atom is 0.161 e. The third-order valence-corrected chi connectivity index (χ3v) is 1.74. The molecule has 0 bridgehead atoms. The van der Waals surface area contributed by atoms with Gasteiger partial charge in [-0.1, -0.05) is 6.92 Å². The molecule has 0 saturated heterocycles. The van der Waals surface area contributed by atoms with E-state index in [1.807, 2.05) is 6.92 Å². The Morgan fingerprint density at radius 3 is 2.71 bits per heavy atom. The summed E-state index contributed by atoms with van der Waals surface area (Å²) in [5, 5.41) is 21.3. The fourth-order valence-electron chi connectivity index (χ4n) is 1.01. The van der Waals surface area contributed by atoms with Crippen LogP contribution in [-0.2, 0) is 0 Å². The van der Waals surface area contributed by atoms with E-state index in [-0.39, 0.29) is 11.5 Å². The van der Waals surface area contributed by atoms with Gasteiger partial charge in [0.2, 0.25) is 0 Å². The zero-order valence-electron chi connectivity index (χ0n) is 8.16. The van der Waals surface area contributed by atoms with Crippen LogP contribution in [0.2, 0.25) is 0 Å². The summed E-state index contributed by atoms with van der Waals surface area (Å²) in [6.45, 7) is 4.23. The van der Waals surface area contributed by atoms with Gasteiger partial charge in [0.25, 0.3) is 0 Å². The number of phenolic OH excluding ortho intramolecular Hbond substituents is 2. The number of hydrogen-bond donors (Lipinski definition) is 3. The molecule has 0 atom stereocenters. The molecule has 3 N–H and O–H groups in total. The second kappa shape index (κ2) is 5.34. The van der Waals surface area contributed by atoms with E-state index in [4.69, 9.17) is 14.9 Å². The van der Waals surface area contributed by atoms with Crippen LogP contribution in [0.25, 0.3) is 0 Å². The molecule has 1 aromatic rings. The van der Waals surface area contributed by atoms with Crippen LogP contribution in [0.5, 0.6) is 17.2 Å². The van der Waals surface area contributed by atoms with Gasteiger partial charge in [0, 0.05) is 12.6 Å². The van der Waals surface area contributed by atoms with Crippen molar-refractivity contribution in [1.29, 1.82) is 0 Å². The van der Waals surface area contributed by atoms with Crippen LogP contribution in [0.3, 0.4) is 0 Å². The number of likely N-dealkylation sites (N-methyl/N-ethyl adjacent to an activating group) is 1. The van der Waals surface area contributed by atoms with E-state index in [0.29, 0.717) is 12.4 Å². The minimum absolute atomic E-state index is 0.135. The van der Waals surface area contributed by atoms with E-state index in [2.05, 4.69) is 5.32 Å². The van der Waals surface area contributed by atoms with Crippen LogP contribution in [0.4, 0.5) is 0 Å². The Balaban J connectivity index is 2.39. The number of rotatable bonds is 5. The van der Waals surface area contributed by atoms with E-state index >= 15 is 0 Å². The third-order valence-electron chi connectivity index (χ3n) is 1.74. The van der Waals surface area contributed by atoms with Gasteiger partial charge in [-0.2, -0.15) is 0 Å². The zero-order chi connectivity index (χ0) is 10.4. The van der Waals surface area contributed by atoms with Crippen molar-refractivity contribution in [2.75, 3.05) is 19.7 Å². The first-order chi connectivity index (χ1) is 6.74. The summed E-state index contributed by atoms with van der Waals surface area (Å²) < 4.78 is 5.31. The normalized spacial score (nSPS) is 10.1. The second-order valence-corrected chi connectivity index (χ2v) is 2.85. The van der Waals surface area contributed by atoms with Crippen LogP contribution >= 0.6 is 0 Å². The van der Waals surface area contributed by atoms with Crippen molar-refractivity contribution in [3.05, 3.63) is 18.2 Å². The Morgan fingerprint density at radius 2 is 2.07 bits per heavy atom. The summed E-state index contributed by atoms with van der Waals surface area (Å²) in [4.78, 5) is 0. The Hall–Kier alpha value is -1.42. The lowest BCUT2D eigenvalue weighted by Gasteiger charge is -2.07. The molecule has 78 valence electrons. The van der Waals surface area contributed by atoms with Crippen molar-refractivity contribution in [3.8, 4) is 17.2 Å². The van der Waals surface area contributed by atoms with Crippen molar-refractivity contribution < 1.29 is 14.9 Å². The summed E-state index contributed by atoms with van der Waals surface area (Å²) in [5.41, 5.74) is 0. The van der Waals surface area contributed by atoms with E-state index in [0.717, 1.165) is 13.1 Å². The molecule has 0 aliphatic carbocycles. The van der Waals surface area contributed by atoms with Gasteiger partial charge in [0.15, 0.2) is 11.5 Å². The van der Waals surface area contributed by atoms with Crippen molar-refractivity contribution in [2.24, 2.45) is 0 Å². The highest BCUT2D eigenvalue weighted by molar-refractivity contribution is 5.43. The fraction of sp³-hybridized carbons (Fsp3) is 0.400. The zero-order valence-corrected chi connectivity index (χ0v) is 8.16. The van der Waals surface area contributed by atoms with Crippen LogP contribution in [0.15, 0.2) is 18.2 Å². The summed E-state index contributed by atoms with van der Waals surface area (Å²) in [6, 6.07) is 4.40. The molecule has 1 aromatic carbocycles. The van der Waals surface area contributed by atoms with Crippen LogP contribution in [0.1, 0.15) is 6.92 Å². The summed E-state index contributed by atoms with van der Waals surface area (Å²) in [7, 11) is 0. The standard InChI is InChI=1S/C10H15NO3/c1-2-11-5-6-14-8-3-4-9(12)10(13)7-8/h3-4,7,11-13H,2,5-6H2,1H3. The molecule has 1 rings (SSSR count). The highest BCUT2D eigenvalue weighted by Crippen LogP contribution is 2.28. The average Bonchev–Trinajstić information content (AvgIpc) is 2.18. The fourth-order valence-corrected chi connectivity index (χ4v) is 1.01. The van der Waals surface area contributed by atoms with Crippen molar-refractivity contribution in [3.63, 3.8) is 0 Å². The van der Waals surface area contributed by atoms with E-state index in [9.17, 15) is 0 Å². The first kappa shape index (κ1) is 10.7. The minimum atomic E-state index is -0.161. The third kappa shape index (κ3) is 3.14. The molecule has 4 nitrogen and oxygen atoms in total. The molecular formula is C10H15NO3. The SMILES string of the molecule is CCNCCOc1ccc(O)c(O)c1. The van der Waals surface area contributed by atoms with E-state index in [1.54, 1.807) is 6.07 Å². The first-order valence-corrected chi connectivity index (χ1v) is 4.59. The monoisotopic (exact) mass is 197 g/mol. The molecule has 0 spiro atoms. The van der Waals surface area contributed by atoms with Crippen LogP contribution in [0, 0.1) is 0 Å². The van der Waals surface area contributed by atoms with Crippen molar-refractivity contribution in [2.45, 2.75) is 6.92 Å². The maximum atomic E-state index is 9.16. The van der Waals surface area contributed by atoms with Gasteiger partial charge in [0.05, 0.1) is 0 Å². The van der Waals surface area contributed by atoms with Gasteiger partial charge in [-0.25, -0.2) is 0 Å². The van der Waals surface area contributed by atoms with E-state index < -0.39 is 0 Å². The van der Waals surface area contributed by atoms with Gasteiger partial charge in [-0.05, 0) is 18.7 Å². The van der Waals surface area contributed by atoms with Crippen LogP contribution in [-0.4, -0.2) is 29.9 Å². The molecule has 14 heavy (non-hydrogen) atoms. The molecule has 4 heteroatoms. The topological polar surface area (TPSA) is 61.7 Å². The summed E-state index contributed by atoms with van der Waals surface area (Å²) in [6.07, 6.45) is 0. The predicted octanol–water partition coefficient (Wildman–Crippen LogP) is 1.09. The molecule has 0 amide bonds. The van der Waals surface area contributed by atoms with Crippen molar-refractivity contribution in [1.82, 2.24) is 5.32 Å². The predicted molar refractivity (Wildman–Crippen MR) is 53.8 cm³/mol. The number of ether oxygens (including phenoxy) is 1. The Morgan fingerprint density at radius 1 is 1.29 bits per heavy atom. The number of hydrogen-bond acceptors (Lipinski definition) is 4. The van der Waals surface area contributed by atoms with Crippen LogP contribution < -0.4 is 10.1 Å². The second-order valence-electron chi connectivity index (χ2n) is 2.85. The highest BCUT2D eigenvalue weighted by Gasteiger charge is 2.00. The number of nitrogens with one attached hydrogen (secondary N) is 1. The molecule has 0 aliphatic heterocycles. The first-order valence-electron chi connectivity index (χ1n) is 4.59. The van der Waals surface area contributed by atoms with Gasteiger partial charge in [-0.15, -0.1) is 0 Å². The number of aromatic hydroxyl groups is 2. The van der Waals surface area contributed by atoms with Crippen molar-refractivity contribution >= 4 is 0 Å². The van der Waals surface area contributed by atoms with E-state index in [1.165, 1.54) is 12.1 Å². The smallest absolute Gasteiger partial charge is 0.161 e. The molecular weight excluding hydrogens is 182 g/mol. The molecule has 0 heterocycles. The van der Waals surface area contributed by atoms with Gasteiger partial charge < -0.3 is 20.3 Å². The Kier molecular flexibility index (Phi) is 4.07. The Labute approximate surface area is 83.1 Å². The quantitative estimate of drug-likeness (QED) is 0.488. The summed E-state index contributed by atoms with van der Waals surface area (Å²) >= 11 is 0. The van der Waals surface area contributed by atoms with Gasteiger partial charge in [-0.3, -0.25) is 0 Å². The lowest BCUT2D eigenvalue weighted by atomic mass is 10.3. The molecule has 0 aromatic heterocycles. The molecule has 0 aliphatic rings. The average molecular weight is 197 g/mol. The number of phenols is 2. The molecule has 0 radical (unpaired) electrons. The number of benzene rings is 1. The largest absolute Gasteiger partial charge is 0.504 e. The van der Waals surface area contributed by atoms with Gasteiger partial charge >= 0.3 is 0 Å². The lowest BCUT2D eigenvalue weighted by molar-refractivity contribution is 0.311. The van der Waals surface area contributed by atoms with Gasteiger partial charge in [0.1, 0.15) is 12.4 Å². The molecule has 0 saturated carbocycles. The minimum Gasteiger partial charge on any atom is -0.504 e. The lowest BCUT2D eigenvalue weighted by Crippen LogP contribution is -2.20. The maximum absolute atomic E-state index is 9.16.